The van der Waals surface area contributed by atoms with Crippen LogP contribution in [0.15, 0.2) is 24.5 Å². The van der Waals surface area contributed by atoms with E-state index in [2.05, 4.69) is 24.9 Å². The lowest BCUT2D eigenvalue weighted by molar-refractivity contribution is 0.858. The molecule has 56 valence electrons. The molecule has 2 heteroatoms. The number of halogens is 1. The first-order valence-corrected chi connectivity index (χ1v) is 3.20. The first-order valence-electron chi connectivity index (χ1n) is 3.20. The Morgan fingerprint density at radius 2 is 2.10 bits per heavy atom. The molecule has 0 aromatic carbocycles. The number of hydrogen-bond donors (Lipinski definition) is 0. The highest BCUT2D eigenvalue weighted by atomic mass is 19.0. The maximum Gasteiger partial charge on any atom is 0.0302 e. The zero-order valence-corrected chi connectivity index (χ0v) is 6.24. The van der Waals surface area contributed by atoms with Gasteiger partial charge in [0.15, 0.2) is 0 Å². The minimum Gasteiger partial charge on any atom is -0.269 e. The first kappa shape index (κ1) is 9.08. The number of rotatable bonds is 1. The summed E-state index contributed by atoms with van der Waals surface area (Å²) < 4.78 is 0. The average Bonchev–Trinajstić information content (AvgIpc) is 1.90. The van der Waals surface area contributed by atoms with Gasteiger partial charge in [-0.2, -0.15) is 0 Å². The summed E-state index contributed by atoms with van der Waals surface area (Å²) in [4.78, 5) is 4.01. The van der Waals surface area contributed by atoms with Crippen LogP contribution in [0.4, 0.5) is 4.70 Å². The Balaban J connectivity index is 0.000000810. The Kier molecular flexibility index (Phi) is 3.62. The second-order valence-electron chi connectivity index (χ2n) is 2.44. The molecule has 0 saturated heterocycles. The van der Waals surface area contributed by atoms with Gasteiger partial charge in [0.25, 0.3) is 0 Å². The molecule has 0 fully saturated rings. The summed E-state index contributed by atoms with van der Waals surface area (Å²) in [5.74, 6) is 0.596. The molecule has 0 N–H and O–H groups in total. The molecule has 0 unspecified atom stereocenters. The third-order valence-electron chi connectivity index (χ3n) is 1.35. The van der Waals surface area contributed by atoms with Crippen LogP contribution in [0.1, 0.15) is 25.3 Å². The Labute approximate surface area is 60.5 Å². The lowest BCUT2D eigenvalue weighted by Crippen LogP contribution is -1.85. The number of nitrogens with zero attached hydrogens (tertiary/aromatic N) is 1. The summed E-state index contributed by atoms with van der Waals surface area (Å²) in [6.45, 7) is 4.33. The highest BCUT2D eigenvalue weighted by molar-refractivity contribution is 5.12. The van der Waals surface area contributed by atoms with Gasteiger partial charge in [0.05, 0.1) is 0 Å². The molecular weight excluding hydrogens is 129 g/mol. The molecule has 0 bridgehead atoms. The van der Waals surface area contributed by atoms with E-state index in [1.807, 2.05) is 12.3 Å². The molecule has 1 nitrogen and oxygen atoms in total. The Morgan fingerprint density at radius 1 is 1.40 bits per heavy atom. The highest BCUT2D eigenvalue weighted by Gasteiger charge is 1.94. The number of aromatic nitrogens is 1. The van der Waals surface area contributed by atoms with Crippen molar-refractivity contribution in [2.24, 2.45) is 0 Å². The van der Waals surface area contributed by atoms with Gasteiger partial charge in [-0.3, -0.25) is 9.69 Å². The molecule has 0 saturated carbocycles. The molecule has 0 spiro atoms. The number of hydrogen-bond acceptors (Lipinski definition) is 1. The number of pyridine rings is 1. The zero-order chi connectivity index (χ0) is 6.69. The molecule has 1 rings (SSSR count). The third kappa shape index (κ3) is 2.13. The smallest absolute Gasteiger partial charge is 0.0302 e. The molecule has 10 heavy (non-hydrogen) atoms. The van der Waals surface area contributed by atoms with E-state index in [0.717, 1.165) is 0 Å². The van der Waals surface area contributed by atoms with Crippen LogP contribution in [0.25, 0.3) is 0 Å². The Bertz CT molecular complexity index is 172. The molecule has 1 heterocycles. The van der Waals surface area contributed by atoms with E-state index in [4.69, 9.17) is 0 Å². The van der Waals surface area contributed by atoms with Crippen molar-refractivity contribution < 1.29 is 4.70 Å². The summed E-state index contributed by atoms with van der Waals surface area (Å²) in [6.07, 6.45) is 3.70. The van der Waals surface area contributed by atoms with Gasteiger partial charge in [0.1, 0.15) is 0 Å². The summed E-state index contributed by atoms with van der Waals surface area (Å²) in [5.41, 5.74) is 1.30. The SMILES string of the molecule is CC(C)c1cccnc1.F. The van der Waals surface area contributed by atoms with Crippen LogP contribution < -0.4 is 0 Å². The lowest BCUT2D eigenvalue weighted by atomic mass is 10.1. The maximum absolute atomic E-state index is 4.01. The van der Waals surface area contributed by atoms with Gasteiger partial charge in [-0.05, 0) is 17.5 Å². The quantitative estimate of drug-likeness (QED) is 0.585. The van der Waals surface area contributed by atoms with Crippen LogP contribution >= 0.6 is 0 Å². The monoisotopic (exact) mass is 141 g/mol. The Hall–Kier alpha value is -0.920. The maximum atomic E-state index is 4.01. The van der Waals surface area contributed by atoms with E-state index in [1.54, 1.807) is 6.20 Å². The largest absolute Gasteiger partial charge is 0.269 e. The molecule has 0 aliphatic rings. The Morgan fingerprint density at radius 3 is 2.40 bits per heavy atom. The van der Waals surface area contributed by atoms with Gasteiger partial charge in [-0.1, -0.05) is 19.9 Å². The van der Waals surface area contributed by atoms with Gasteiger partial charge >= 0.3 is 0 Å². The molecule has 0 amide bonds. The van der Waals surface area contributed by atoms with Gasteiger partial charge in [0, 0.05) is 12.4 Å². The molecular formula is C8H12FN. The molecule has 0 atom stereocenters. The molecule has 0 radical (unpaired) electrons. The van der Waals surface area contributed by atoms with Gasteiger partial charge < -0.3 is 0 Å². The van der Waals surface area contributed by atoms with Crippen molar-refractivity contribution in [1.29, 1.82) is 0 Å². The highest BCUT2D eigenvalue weighted by Crippen LogP contribution is 2.10. The van der Waals surface area contributed by atoms with E-state index in [0.29, 0.717) is 5.92 Å². The van der Waals surface area contributed by atoms with Gasteiger partial charge in [-0.25, -0.2) is 0 Å². The van der Waals surface area contributed by atoms with Gasteiger partial charge in [-0.15, -0.1) is 0 Å². The van der Waals surface area contributed by atoms with E-state index >= 15 is 0 Å². The normalized spacial score (nSPS) is 9.10. The van der Waals surface area contributed by atoms with Crippen LogP contribution in [0.2, 0.25) is 0 Å². The van der Waals surface area contributed by atoms with Crippen LogP contribution in [-0.2, 0) is 0 Å². The van der Waals surface area contributed by atoms with Crippen molar-refractivity contribution >= 4 is 0 Å². The van der Waals surface area contributed by atoms with E-state index < -0.39 is 0 Å². The second kappa shape index (κ2) is 3.99. The van der Waals surface area contributed by atoms with Crippen molar-refractivity contribution in [3.05, 3.63) is 30.1 Å². The molecule has 1 aromatic heterocycles. The van der Waals surface area contributed by atoms with Gasteiger partial charge in [0.2, 0.25) is 0 Å². The van der Waals surface area contributed by atoms with Crippen LogP contribution in [0.5, 0.6) is 0 Å². The summed E-state index contributed by atoms with van der Waals surface area (Å²) >= 11 is 0. The molecule has 1 aromatic rings. The summed E-state index contributed by atoms with van der Waals surface area (Å²) in [7, 11) is 0. The second-order valence-corrected chi connectivity index (χ2v) is 2.44. The van der Waals surface area contributed by atoms with E-state index in [1.165, 1.54) is 5.56 Å². The average molecular weight is 141 g/mol. The van der Waals surface area contributed by atoms with Crippen molar-refractivity contribution in [3.8, 4) is 0 Å². The fourth-order valence-electron chi connectivity index (χ4n) is 0.717. The fraction of sp³-hybridized carbons (Fsp3) is 0.375. The predicted molar refractivity (Wildman–Crippen MR) is 40.8 cm³/mol. The van der Waals surface area contributed by atoms with Crippen molar-refractivity contribution in [1.82, 2.24) is 4.98 Å². The molecule has 0 aliphatic heterocycles. The fourth-order valence-corrected chi connectivity index (χ4v) is 0.717. The third-order valence-corrected chi connectivity index (χ3v) is 1.35. The summed E-state index contributed by atoms with van der Waals surface area (Å²) in [6, 6.07) is 4.06. The van der Waals surface area contributed by atoms with Crippen LogP contribution in [0, 0.1) is 0 Å². The lowest BCUT2D eigenvalue weighted by Gasteiger charge is -2.00. The standard InChI is InChI=1S/C8H11N.FH/c1-7(2)8-4-3-5-9-6-8;/h3-7H,1-2H3;1H. The van der Waals surface area contributed by atoms with Crippen molar-refractivity contribution in [2.75, 3.05) is 0 Å². The first-order chi connectivity index (χ1) is 4.30. The predicted octanol–water partition coefficient (Wildman–Crippen LogP) is 2.36. The van der Waals surface area contributed by atoms with Crippen molar-refractivity contribution in [3.63, 3.8) is 0 Å². The topological polar surface area (TPSA) is 12.9 Å². The minimum atomic E-state index is 0. The minimum absolute atomic E-state index is 0. The van der Waals surface area contributed by atoms with E-state index in [-0.39, 0.29) is 4.70 Å². The molecule has 0 aliphatic carbocycles. The van der Waals surface area contributed by atoms with Crippen LogP contribution in [-0.4, -0.2) is 4.98 Å². The van der Waals surface area contributed by atoms with E-state index in [9.17, 15) is 0 Å². The summed E-state index contributed by atoms with van der Waals surface area (Å²) in [5, 5.41) is 0. The zero-order valence-electron chi connectivity index (χ0n) is 6.24. The van der Waals surface area contributed by atoms with Crippen LogP contribution in [0.3, 0.4) is 0 Å². The van der Waals surface area contributed by atoms with Crippen molar-refractivity contribution in [2.45, 2.75) is 19.8 Å².